The Kier molecular flexibility index (Phi) is 5.82. The van der Waals surface area contributed by atoms with Gasteiger partial charge in [0.05, 0.1) is 17.1 Å². The first-order valence-corrected chi connectivity index (χ1v) is 14.2. The van der Waals surface area contributed by atoms with Gasteiger partial charge in [0.15, 0.2) is 0 Å². The minimum absolute atomic E-state index is 0.965. The lowest BCUT2D eigenvalue weighted by Gasteiger charge is -2.14. The zero-order valence-electron chi connectivity index (χ0n) is 22.9. The molecule has 0 fully saturated rings. The molecule has 0 aliphatic carbocycles. The molecule has 0 saturated carbocycles. The standard InChI is InChI=1S/C40H26N2/c1-4-14-33-28(9-1)12-7-17-36(33)38-25-32(26-39(42-38)37-18-8-13-29-10-2-5-15-34(29)37)27-19-21-31(22-20-27)40-35-16-6-3-11-30(35)23-24-41-40/h1-26H. The summed E-state index contributed by atoms with van der Waals surface area (Å²) in [7, 11) is 0. The normalized spacial score (nSPS) is 11.3. The van der Waals surface area contributed by atoms with Crippen LogP contribution in [0.2, 0.25) is 0 Å². The lowest BCUT2D eigenvalue weighted by molar-refractivity contribution is 1.33. The lowest BCUT2D eigenvalue weighted by Crippen LogP contribution is -1.93. The van der Waals surface area contributed by atoms with Gasteiger partial charge in [-0.05, 0) is 56.3 Å². The summed E-state index contributed by atoms with van der Waals surface area (Å²) in [5, 5.41) is 7.17. The van der Waals surface area contributed by atoms with E-state index in [1.54, 1.807) is 0 Å². The van der Waals surface area contributed by atoms with Crippen molar-refractivity contribution >= 4 is 32.3 Å². The molecule has 0 bridgehead atoms. The highest BCUT2D eigenvalue weighted by Gasteiger charge is 2.13. The van der Waals surface area contributed by atoms with Crippen molar-refractivity contribution in [3.8, 4) is 44.9 Å². The van der Waals surface area contributed by atoms with Crippen LogP contribution in [0.4, 0.5) is 0 Å². The van der Waals surface area contributed by atoms with Gasteiger partial charge in [-0.1, -0.05) is 133 Å². The Balaban J connectivity index is 1.31. The number of aromatic nitrogens is 2. The lowest BCUT2D eigenvalue weighted by atomic mass is 9.95. The topological polar surface area (TPSA) is 25.8 Å². The zero-order chi connectivity index (χ0) is 27.9. The molecule has 0 radical (unpaired) electrons. The molecule has 2 nitrogen and oxygen atoms in total. The highest BCUT2D eigenvalue weighted by atomic mass is 14.7. The highest BCUT2D eigenvalue weighted by molar-refractivity contribution is 6.00. The summed E-state index contributed by atoms with van der Waals surface area (Å²) in [6, 6.07) is 53.7. The van der Waals surface area contributed by atoms with Gasteiger partial charge in [-0.25, -0.2) is 4.98 Å². The minimum atomic E-state index is 0.965. The van der Waals surface area contributed by atoms with Crippen LogP contribution in [0.25, 0.3) is 77.2 Å². The average Bonchev–Trinajstić information content (AvgIpc) is 3.07. The van der Waals surface area contributed by atoms with E-state index in [2.05, 4.69) is 152 Å². The van der Waals surface area contributed by atoms with Crippen LogP contribution in [0.3, 0.4) is 0 Å². The number of fused-ring (bicyclic) bond motifs is 3. The Hall–Kier alpha value is -5.60. The molecule has 8 rings (SSSR count). The second kappa shape index (κ2) is 10.1. The van der Waals surface area contributed by atoms with E-state index in [9.17, 15) is 0 Å². The van der Waals surface area contributed by atoms with E-state index in [4.69, 9.17) is 9.97 Å². The van der Waals surface area contributed by atoms with E-state index in [1.807, 2.05) is 6.20 Å². The molecule has 6 aromatic carbocycles. The first-order chi connectivity index (χ1) is 20.8. The third kappa shape index (κ3) is 4.22. The van der Waals surface area contributed by atoms with E-state index in [1.165, 1.54) is 26.9 Å². The number of hydrogen-bond acceptors (Lipinski definition) is 2. The molecule has 0 amide bonds. The van der Waals surface area contributed by atoms with Crippen molar-refractivity contribution in [2.75, 3.05) is 0 Å². The van der Waals surface area contributed by atoms with Gasteiger partial charge in [0.1, 0.15) is 0 Å². The van der Waals surface area contributed by atoms with Gasteiger partial charge in [0.2, 0.25) is 0 Å². The summed E-state index contributed by atoms with van der Waals surface area (Å²) < 4.78 is 0. The zero-order valence-corrected chi connectivity index (χ0v) is 22.9. The van der Waals surface area contributed by atoms with Gasteiger partial charge in [0.25, 0.3) is 0 Å². The van der Waals surface area contributed by atoms with E-state index in [0.717, 1.165) is 50.3 Å². The molecule has 0 unspecified atom stereocenters. The van der Waals surface area contributed by atoms with Crippen LogP contribution in [0, 0.1) is 0 Å². The fraction of sp³-hybridized carbons (Fsp3) is 0. The molecule has 0 spiro atoms. The number of rotatable bonds is 4. The molecule has 0 saturated heterocycles. The number of nitrogens with zero attached hydrogens (tertiary/aromatic N) is 2. The van der Waals surface area contributed by atoms with E-state index < -0.39 is 0 Å². The molecule has 42 heavy (non-hydrogen) atoms. The number of benzene rings is 6. The Bertz CT molecular complexity index is 2130. The van der Waals surface area contributed by atoms with Gasteiger partial charge in [-0.3, -0.25) is 4.98 Å². The SMILES string of the molecule is c1ccc2c(-c3cc(-c4ccc(-c5nccc6ccccc56)cc4)cc(-c4cccc5ccccc45)n3)cccc2c1. The van der Waals surface area contributed by atoms with Gasteiger partial charge < -0.3 is 0 Å². The summed E-state index contributed by atoms with van der Waals surface area (Å²) >= 11 is 0. The molecule has 2 heterocycles. The predicted molar refractivity (Wildman–Crippen MR) is 176 cm³/mol. The maximum atomic E-state index is 5.29. The summed E-state index contributed by atoms with van der Waals surface area (Å²) in [6.45, 7) is 0. The predicted octanol–water partition coefficient (Wildman–Crippen LogP) is 10.6. The third-order valence-corrected chi connectivity index (χ3v) is 8.12. The van der Waals surface area contributed by atoms with Crippen LogP contribution in [-0.4, -0.2) is 9.97 Å². The van der Waals surface area contributed by atoms with Crippen molar-refractivity contribution in [3.63, 3.8) is 0 Å². The molecule has 0 aliphatic heterocycles. The quantitative estimate of drug-likeness (QED) is 0.224. The second-order valence-electron chi connectivity index (χ2n) is 10.6. The minimum Gasteiger partial charge on any atom is -0.256 e. The van der Waals surface area contributed by atoms with Crippen molar-refractivity contribution in [1.82, 2.24) is 9.97 Å². The first kappa shape index (κ1) is 24.2. The molecule has 2 aromatic heterocycles. The largest absolute Gasteiger partial charge is 0.256 e. The van der Waals surface area contributed by atoms with Crippen LogP contribution in [-0.2, 0) is 0 Å². The van der Waals surface area contributed by atoms with Crippen LogP contribution in [0.1, 0.15) is 0 Å². The molecule has 0 aliphatic rings. The molecular formula is C40H26N2. The molecule has 0 atom stereocenters. The van der Waals surface area contributed by atoms with Crippen LogP contribution in [0.15, 0.2) is 158 Å². The first-order valence-electron chi connectivity index (χ1n) is 14.2. The second-order valence-corrected chi connectivity index (χ2v) is 10.6. The molecule has 0 N–H and O–H groups in total. The van der Waals surface area contributed by atoms with Crippen molar-refractivity contribution < 1.29 is 0 Å². The number of hydrogen-bond donors (Lipinski definition) is 0. The van der Waals surface area contributed by atoms with Crippen LogP contribution >= 0.6 is 0 Å². The smallest absolute Gasteiger partial charge is 0.0780 e. The summed E-state index contributed by atoms with van der Waals surface area (Å²) in [4.78, 5) is 10.0. The van der Waals surface area contributed by atoms with Crippen molar-refractivity contribution in [2.45, 2.75) is 0 Å². The molecule has 8 aromatic rings. The van der Waals surface area contributed by atoms with Crippen LogP contribution < -0.4 is 0 Å². The van der Waals surface area contributed by atoms with Gasteiger partial charge in [0, 0.05) is 28.3 Å². The maximum Gasteiger partial charge on any atom is 0.0780 e. The molecule has 2 heteroatoms. The van der Waals surface area contributed by atoms with Gasteiger partial charge >= 0.3 is 0 Å². The van der Waals surface area contributed by atoms with Crippen molar-refractivity contribution in [1.29, 1.82) is 0 Å². The van der Waals surface area contributed by atoms with E-state index >= 15 is 0 Å². The van der Waals surface area contributed by atoms with Crippen molar-refractivity contribution in [2.24, 2.45) is 0 Å². The fourth-order valence-electron chi connectivity index (χ4n) is 6.04. The van der Waals surface area contributed by atoms with Gasteiger partial charge in [-0.15, -0.1) is 0 Å². The average molecular weight is 535 g/mol. The third-order valence-electron chi connectivity index (χ3n) is 8.12. The number of pyridine rings is 2. The molecule has 196 valence electrons. The Morgan fingerprint density at radius 2 is 0.833 bits per heavy atom. The Morgan fingerprint density at radius 1 is 0.357 bits per heavy atom. The van der Waals surface area contributed by atoms with E-state index in [0.29, 0.717) is 0 Å². The fourth-order valence-corrected chi connectivity index (χ4v) is 6.04. The Labute approximate surface area is 244 Å². The summed E-state index contributed by atoms with van der Waals surface area (Å²) in [5.74, 6) is 0. The van der Waals surface area contributed by atoms with E-state index in [-0.39, 0.29) is 0 Å². The summed E-state index contributed by atoms with van der Waals surface area (Å²) in [6.07, 6.45) is 1.89. The van der Waals surface area contributed by atoms with Crippen LogP contribution in [0.5, 0.6) is 0 Å². The Morgan fingerprint density at radius 3 is 1.43 bits per heavy atom. The highest BCUT2D eigenvalue weighted by Crippen LogP contribution is 2.36. The van der Waals surface area contributed by atoms with Crippen molar-refractivity contribution in [3.05, 3.63) is 158 Å². The summed E-state index contributed by atoms with van der Waals surface area (Å²) in [5.41, 5.74) is 8.58. The van der Waals surface area contributed by atoms with Gasteiger partial charge in [-0.2, -0.15) is 0 Å². The molecular weight excluding hydrogens is 508 g/mol. The maximum absolute atomic E-state index is 5.29. The monoisotopic (exact) mass is 534 g/mol.